The lowest BCUT2D eigenvalue weighted by molar-refractivity contribution is -0.149. The molecule has 3 saturated carbocycles. The molecule has 4 rings (SSSR count). The largest absolute Gasteiger partial charge is 0.391 e. The molecule has 0 spiro atoms. The summed E-state index contributed by atoms with van der Waals surface area (Å²) in [5.74, 6) is 2.46. The minimum absolute atomic E-state index is 0.0562. The molecule has 0 aromatic carbocycles. The van der Waals surface area contributed by atoms with Crippen molar-refractivity contribution in [1.82, 2.24) is 10.2 Å². The number of amides is 1. The Morgan fingerprint density at radius 1 is 1.12 bits per heavy atom. The van der Waals surface area contributed by atoms with Crippen molar-refractivity contribution in [3.05, 3.63) is 23.3 Å². The second kappa shape index (κ2) is 8.58. The molecule has 0 aromatic heterocycles. The van der Waals surface area contributed by atoms with Crippen LogP contribution in [0.2, 0.25) is 0 Å². The van der Waals surface area contributed by atoms with Gasteiger partial charge < -0.3 is 15.3 Å². The molecule has 0 aliphatic heterocycles. The maximum Gasteiger partial charge on any atom is 0.244 e. The van der Waals surface area contributed by atoms with Crippen LogP contribution in [0.1, 0.15) is 79.6 Å². The second-order valence-corrected chi connectivity index (χ2v) is 12.4. The van der Waals surface area contributed by atoms with Gasteiger partial charge in [0.15, 0.2) is 0 Å². The highest BCUT2D eigenvalue weighted by Crippen LogP contribution is 2.66. The lowest BCUT2D eigenvalue weighted by Gasteiger charge is -2.62. The number of rotatable bonds is 4. The number of aliphatic hydroxyl groups is 1. The monoisotopic (exact) mass is 442 g/mol. The number of carbonyl (C=O) groups excluding carboxylic acids is 1. The number of allylic oxidation sites excluding steroid dienone is 2. The van der Waals surface area contributed by atoms with E-state index in [4.69, 9.17) is 0 Å². The van der Waals surface area contributed by atoms with Gasteiger partial charge in [-0.15, -0.1) is 0 Å². The Morgan fingerprint density at radius 2 is 1.84 bits per heavy atom. The zero-order chi connectivity index (χ0) is 23.4. The molecule has 0 radical (unpaired) electrons. The van der Waals surface area contributed by atoms with Crippen molar-refractivity contribution in [3.8, 4) is 0 Å². The summed E-state index contributed by atoms with van der Waals surface area (Å²) in [5, 5.41) is 14.5. The molecule has 0 bridgehead atoms. The van der Waals surface area contributed by atoms with Gasteiger partial charge in [-0.3, -0.25) is 4.79 Å². The first kappa shape index (κ1) is 24.0. The van der Waals surface area contributed by atoms with Crippen LogP contribution in [-0.2, 0) is 4.79 Å². The summed E-state index contributed by atoms with van der Waals surface area (Å²) in [7, 11) is 4.41. The van der Waals surface area contributed by atoms with Gasteiger partial charge in [0.25, 0.3) is 0 Å². The highest BCUT2D eigenvalue weighted by atomic mass is 16.3. The zero-order valence-corrected chi connectivity index (χ0v) is 21.4. The van der Waals surface area contributed by atoms with Crippen LogP contribution in [0.5, 0.6) is 0 Å². The maximum atomic E-state index is 12.3. The van der Waals surface area contributed by atoms with E-state index in [9.17, 15) is 9.90 Å². The Balaban J connectivity index is 1.51. The van der Waals surface area contributed by atoms with Gasteiger partial charge >= 0.3 is 0 Å². The fourth-order valence-electron chi connectivity index (χ4n) is 8.51. The van der Waals surface area contributed by atoms with Crippen molar-refractivity contribution in [1.29, 1.82) is 0 Å². The van der Waals surface area contributed by atoms with Gasteiger partial charge in [0, 0.05) is 12.1 Å². The normalized spacial score (nSPS) is 44.1. The summed E-state index contributed by atoms with van der Waals surface area (Å²) in [6, 6.07) is 0.400. The first-order valence-corrected chi connectivity index (χ1v) is 13.0. The molecule has 180 valence electrons. The van der Waals surface area contributed by atoms with Gasteiger partial charge in [0.1, 0.15) is 0 Å². The van der Waals surface area contributed by atoms with Crippen molar-refractivity contribution < 1.29 is 9.90 Å². The summed E-state index contributed by atoms with van der Waals surface area (Å²) >= 11 is 0. The fraction of sp³-hybridized carbons (Fsp3) is 0.821. The zero-order valence-electron chi connectivity index (χ0n) is 21.4. The van der Waals surface area contributed by atoms with Crippen LogP contribution < -0.4 is 5.32 Å². The van der Waals surface area contributed by atoms with Gasteiger partial charge in [-0.25, -0.2) is 0 Å². The first-order chi connectivity index (χ1) is 15.0. The van der Waals surface area contributed by atoms with E-state index in [1.807, 2.05) is 13.8 Å². The van der Waals surface area contributed by atoms with Crippen LogP contribution in [0.25, 0.3) is 0 Å². The quantitative estimate of drug-likeness (QED) is 0.479. The minimum atomic E-state index is -0.427. The number of carbonyl (C=O) groups is 1. The highest BCUT2D eigenvalue weighted by molar-refractivity contribution is 5.88. The third-order valence-corrected chi connectivity index (χ3v) is 10.4. The Kier molecular flexibility index (Phi) is 6.44. The van der Waals surface area contributed by atoms with E-state index in [0.717, 1.165) is 36.7 Å². The highest BCUT2D eigenvalue weighted by Gasteiger charge is 2.60. The van der Waals surface area contributed by atoms with E-state index in [1.165, 1.54) is 25.7 Å². The van der Waals surface area contributed by atoms with E-state index >= 15 is 0 Å². The van der Waals surface area contributed by atoms with Crippen molar-refractivity contribution in [2.24, 2.45) is 34.5 Å². The van der Waals surface area contributed by atoms with Crippen LogP contribution in [0.15, 0.2) is 23.3 Å². The molecule has 4 aliphatic carbocycles. The molecule has 1 unspecified atom stereocenters. The topological polar surface area (TPSA) is 52.6 Å². The molecule has 4 nitrogen and oxygen atoms in total. The Bertz CT molecular complexity index is 797. The molecule has 0 saturated heterocycles. The molecular formula is C28H46N2O2. The standard InChI is InChI=1S/C28H46N2O2/c1-17(2)16-25(31)29-24-13-15-28(5)22-12-14-27(4)20(18(3)30(6)7)10-11-21(27)19(22)8-9-23(28)26(24)32/h10,16,18-19,21-24,26,32H,8-9,11-15H2,1-7H3,(H,29,31)/t18-,19-,21-,22-,23-,24-,26?,27+,28+/m0/s1. The molecule has 32 heavy (non-hydrogen) atoms. The molecule has 9 atom stereocenters. The molecule has 0 aromatic rings. The van der Waals surface area contributed by atoms with Crippen molar-refractivity contribution >= 4 is 5.91 Å². The Morgan fingerprint density at radius 3 is 2.50 bits per heavy atom. The molecule has 3 fully saturated rings. The fourth-order valence-corrected chi connectivity index (χ4v) is 8.51. The summed E-state index contributed by atoms with van der Waals surface area (Å²) in [6.45, 7) is 11.3. The Hall–Kier alpha value is -1.13. The van der Waals surface area contributed by atoms with Crippen LogP contribution in [0, 0.1) is 34.5 Å². The van der Waals surface area contributed by atoms with Crippen LogP contribution >= 0.6 is 0 Å². The molecule has 2 N–H and O–H groups in total. The van der Waals surface area contributed by atoms with Gasteiger partial charge in [-0.1, -0.05) is 31.1 Å². The minimum Gasteiger partial charge on any atom is -0.391 e. The smallest absolute Gasteiger partial charge is 0.244 e. The SMILES string of the molecule is CC(C)=CC(=O)N[C@H]1CC[C@@]2(C)[C@@H](CC[C@@H]3[C@@H]2CC[C@]2(C)C([C@H](C)N(C)C)=CC[C@@H]32)C1O. The summed E-state index contributed by atoms with van der Waals surface area (Å²) < 4.78 is 0. The average Bonchev–Trinajstić information content (AvgIpc) is 3.06. The molecular weight excluding hydrogens is 396 g/mol. The van der Waals surface area contributed by atoms with E-state index < -0.39 is 6.10 Å². The van der Waals surface area contributed by atoms with Gasteiger partial charge in [-0.2, -0.15) is 0 Å². The second-order valence-electron chi connectivity index (χ2n) is 12.4. The molecule has 1 amide bonds. The van der Waals surface area contributed by atoms with Crippen molar-refractivity contribution in [2.75, 3.05) is 14.1 Å². The number of fused-ring (bicyclic) bond motifs is 5. The van der Waals surface area contributed by atoms with Crippen LogP contribution in [0.3, 0.4) is 0 Å². The number of hydrogen-bond donors (Lipinski definition) is 2. The number of aliphatic hydroxyl groups excluding tert-OH is 1. The average molecular weight is 443 g/mol. The third kappa shape index (κ3) is 3.79. The number of hydrogen-bond acceptors (Lipinski definition) is 3. The van der Waals surface area contributed by atoms with E-state index in [1.54, 1.807) is 11.6 Å². The Labute approximate surface area is 195 Å². The maximum absolute atomic E-state index is 12.3. The molecule has 4 heteroatoms. The van der Waals surface area contributed by atoms with Gasteiger partial charge in [-0.05, 0) is 114 Å². The lowest BCUT2D eigenvalue weighted by Crippen LogP contribution is -2.61. The predicted octanol–water partition coefficient (Wildman–Crippen LogP) is 4.94. The van der Waals surface area contributed by atoms with Crippen LogP contribution in [-0.4, -0.2) is 48.2 Å². The number of likely N-dealkylation sites (N-methyl/N-ethyl adjacent to an activating group) is 1. The number of nitrogens with zero attached hydrogens (tertiary/aromatic N) is 1. The predicted molar refractivity (Wildman–Crippen MR) is 131 cm³/mol. The van der Waals surface area contributed by atoms with Crippen LogP contribution in [0.4, 0.5) is 0 Å². The molecule has 0 heterocycles. The van der Waals surface area contributed by atoms with Crippen molar-refractivity contribution in [2.45, 2.75) is 97.8 Å². The van der Waals surface area contributed by atoms with Crippen molar-refractivity contribution in [3.63, 3.8) is 0 Å². The number of nitrogens with one attached hydrogen (secondary N) is 1. The third-order valence-electron chi connectivity index (χ3n) is 10.4. The summed E-state index contributed by atoms with van der Waals surface area (Å²) in [6.07, 6.45) is 11.9. The van der Waals surface area contributed by atoms with Gasteiger partial charge in [0.2, 0.25) is 5.91 Å². The molecule has 4 aliphatic rings. The van der Waals surface area contributed by atoms with Gasteiger partial charge in [0.05, 0.1) is 12.1 Å². The van der Waals surface area contributed by atoms with E-state index in [0.29, 0.717) is 23.3 Å². The summed E-state index contributed by atoms with van der Waals surface area (Å²) in [5.41, 5.74) is 3.19. The summed E-state index contributed by atoms with van der Waals surface area (Å²) in [4.78, 5) is 14.7. The van der Waals surface area contributed by atoms with E-state index in [2.05, 4.69) is 51.2 Å². The lowest BCUT2D eigenvalue weighted by atomic mass is 9.44. The van der Waals surface area contributed by atoms with E-state index in [-0.39, 0.29) is 17.4 Å². The first-order valence-electron chi connectivity index (χ1n) is 13.0.